The molecule has 0 radical (unpaired) electrons. The number of anilines is 1. The Morgan fingerprint density at radius 2 is 2.18 bits per heavy atom. The van der Waals surface area contributed by atoms with Crippen LogP contribution in [0.2, 0.25) is 0 Å². The summed E-state index contributed by atoms with van der Waals surface area (Å²) in [7, 11) is 1.71. The molecule has 1 saturated carbocycles. The summed E-state index contributed by atoms with van der Waals surface area (Å²) < 4.78 is 21.3. The van der Waals surface area contributed by atoms with Crippen LogP contribution in [0.15, 0.2) is 36.7 Å². The average Bonchev–Trinajstić information content (AvgIpc) is 3.47. The Hall–Kier alpha value is -2.67. The van der Waals surface area contributed by atoms with E-state index in [4.69, 9.17) is 9.72 Å². The Kier molecular flexibility index (Phi) is 4.39. The summed E-state index contributed by atoms with van der Waals surface area (Å²) in [6.45, 7) is 1.17. The highest BCUT2D eigenvalue weighted by molar-refractivity contribution is 5.64. The van der Waals surface area contributed by atoms with Crippen molar-refractivity contribution in [2.75, 3.05) is 25.5 Å². The average molecular weight is 381 g/mol. The van der Waals surface area contributed by atoms with Gasteiger partial charge in [-0.1, -0.05) is 6.07 Å². The van der Waals surface area contributed by atoms with E-state index in [-0.39, 0.29) is 6.04 Å². The maximum absolute atomic E-state index is 13.6. The van der Waals surface area contributed by atoms with E-state index >= 15 is 0 Å². The van der Waals surface area contributed by atoms with Gasteiger partial charge in [-0.05, 0) is 30.9 Å². The number of hydrogen-bond donors (Lipinski definition) is 2. The molecule has 3 aromatic rings. The Balaban J connectivity index is 1.47. The quantitative estimate of drug-likeness (QED) is 0.709. The standard InChI is InChI=1S/C21H24FN5O/c1-28-19-8-21-24-11-18(27(21)12-16(19)13-5-6-13)17-3-2-4-20(26-17)25-15-7-14(22)9-23-10-15/h2-4,8,11-15,23H,5-7,9-10H2,1H3,(H,25,26)/t14-,15+/m0/s1. The second kappa shape index (κ2) is 7.05. The zero-order valence-electron chi connectivity index (χ0n) is 15.9. The first-order chi connectivity index (χ1) is 13.7. The number of rotatable bonds is 5. The molecule has 0 bridgehead atoms. The molecule has 2 fully saturated rings. The van der Waals surface area contributed by atoms with Crippen molar-refractivity contribution in [3.8, 4) is 17.1 Å². The second-order valence-corrected chi connectivity index (χ2v) is 7.68. The molecule has 0 unspecified atom stereocenters. The summed E-state index contributed by atoms with van der Waals surface area (Å²) >= 11 is 0. The van der Waals surface area contributed by atoms with E-state index in [1.165, 1.54) is 18.4 Å². The number of hydrogen-bond acceptors (Lipinski definition) is 5. The van der Waals surface area contributed by atoms with Crippen molar-refractivity contribution < 1.29 is 9.13 Å². The summed E-state index contributed by atoms with van der Waals surface area (Å²) in [5.41, 5.74) is 3.84. The molecule has 7 heteroatoms. The van der Waals surface area contributed by atoms with E-state index in [2.05, 4.69) is 26.2 Å². The van der Waals surface area contributed by atoms with Crippen LogP contribution < -0.4 is 15.4 Å². The van der Waals surface area contributed by atoms with Crippen LogP contribution in [0.3, 0.4) is 0 Å². The van der Waals surface area contributed by atoms with Gasteiger partial charge in [0.25, 0.3) is 0 Å². The van der Waals surface area contributed by atoms with Gasteiger partial charge in [0.05, 0.1) is 24.7 Å². The van der Waals surface area contributed by atoms with Crippen LogP contribution in [0, 0.1) is 0 Å². The number of fused-ring (bicyclic) bond motifs is 1. The van der Waals surface area contributed by atoms with E-state index < -0.39 is 6.17 Å². The molecule has 5 rings (SSSR count). The number of nitrogens with zero attached hydrogens (tertiary/aromatic N) is 3. The van der Waals surface area contributed by atoms with E-state index in [0.717, 1.165) is 35.1 Å². The summed E-state index contributed by atoms with van der Waals surface area (Å²) in [4.78, 5) is 9.31. The van der Waals surface area contributed by atoms with Gasteiger partial charge < -0.3 is 15.4 Å². The van der Waals surface area contributed by atoms with Gasteiger partial charge in [0.15, 0.2) is 0 Å². The highest BCUT2D eigenvalue weighted by Crippen LogP contribution is 2.44. The SMILES string of the molecule is COc1cc2ncc(-c3cccc(N[C@H]4CNC[C@@H](F)C4)n3)n2cc1C1CC1. The van der Waals surface area contributed by atoms with Gasteiger partial charge in [0, 0.05) is 43.4 Å². The van der Waals surface area contributed by atoms with Crippen molar-refractivity contribution in [2.24, 2.45) is 0 Å². The van der Waals surface area contributed by atoms with E-state index in [0.29, 0.717) is 18.9 Å². The molecular weight excluding hydrogens is 357 g/mol. The number of piperidine rings is 1. The lowest BCUT2D eigenvalue weighted by atomic mass is 10.1. The largest absolute Gasteiger partial charge is 0.496 e. The van der Waals surface area contributed by atoms with E-state index in [9.17, 15) is 4.39 Å². The molecule has 2 N–H and O–H groups in total. The molecule has 2 atom stereocenters. The molecule has 28 heavy (non-hydrogen) atoms. The van der Waals surface area contributed by atoms with Gasteiger partial charge in [0.1, 0.15) is 23.4 Å². The number of nitrogens with one attached hydrogen (secondary N) is 2. The molecule has 3 aromatic heterocycles. The third-order valence-electron chi connectivity index (χ3n) is 5.54. The Bertz CT molecular complexity index is 1000. The Labute approximate surface area is 163 Å². The smallest absolute Gasteiger partial charge is 0.140 e. The van der Waals surface area contributed by atoms with Crippen LogP contribution in [-0.4, -0.2) is 46.8 Å². The van der Waals surface area contributed by atoms with Crippen LogP contribution in [0.5, 0.6) is 5.75 Å². The number of ether oxygens (including phenoxy) is 1. The molecule has 4 heterocycles. The van der Waals surface area contributed by atoms with Crippen molar-refractivity contribution in [1.29, 1.82) is 0 Å². The number of aromatic nitrogens is 3. The van der Waals surface area contributed by atoms with Gasteiger partial charge in [0.2, 0.25) is 0 Å². The zero-order valence-corrected chi connectivity index (χ0v) is 15.9. The molecular formula is C21H24FN5O. The van der Waals surface area contributed by atoms with Crippen molar-refractivity contribution in [3.63, 3.8) is 0 Å². The Morgan fingerprint density at radius 3 is 2.96 bits per heavy atom. The van der Waals surface area contributed by atoms with Gasteiger partial charge >= 0.3 is 0 Å². The zero-order chi connectivity index (χ0) is 19.1. The third-order valence-corrected chi connectivity index (χ3v) is 5.54. The topological polar surface area (TPSA) is 63.5 Å². The lowest BCUT2D eigenvalue weighted by molar-refractivity contribution is 0.255. The molecule has 1 aliphatic carbocycles. The van der Waals surface area contributed by atoms with Crippen molar-refractivity contribution in [1.82, 2.24) is 19.7 Å². The molecule has 1 saturated heterocycles. The molecule has 6 nitrogen and oxygen atoms in total. The fraction of sp³-hybridized carbons (Fsp3) is 0.429. The normalized spacial score (nSPS) is 22.4. The predicted molar refractivity (Wildman–Crippen MR) is 107 cm³/mol. The molecule has 1 aliphatic heterocycles. The number of alkyl halides is 1. The summed E-state index contributed by atoms with van der Waals surface area (Å²) in [6.07, 6.45) is 6.07. The summed E-state index contributed by atoms with van der Waals surface area (Å²) in [6, 6.07) is 7.91. The van der Waals surface area contributed by atoms with Gasteiger partial charge in [-0.15, -0.1) is 0 Å². The monoisotopic (exact) mass is 381 g/mol. The first kappa shape index (κ1) is 17.4. The van der Waals surface area contributed by atoms with Crippen molar-refractivity contribution in [2.45, 2.75) is 37.4 Å². The van der Waals surface area contributed by atoms with Crippen LogP contribution in [0.1, 0.15) is 30.7 Å². The predicted octanol–water partition coefficient (Wildman–Crippen LogP) is 3.39. The van der Waals surface area contributed by atoms with Gasteiger partial charge in [-0.25, -0.2) is 14.4 Å². The minimum atomic E-state index is -0.816. The fourth-order valence-electron chi connectivity index (χ4n) is 3.95. The fourth-order valence-corrected chi connectivity index (χ4v) is 3.95. The molecule has 0 spiro atoms. The number of imidazole rings is 1. The lowest BCUT2D eigenvalue weighted by Gasteiger charge is -2.26. The first-order valence-corrected chi connectivity index (χ1v) is 9.85. The number of methoxy groups -OCH3 is 1. The first-order valence-electron chi connectivity index (χ1n) is 9.85. The van der Waals surface area contributed by atoms with Crippen LogP contribution in [-0.2, 0) is 0 Å². The second-order valence-electron chi connectivity index (χ2n) is 7.68. The van der Waals surface area contributed by atoms with E-state index in [1.807, 2.05) is 30.5 Å². The van der Waals surface area contributed by atoms with Crippen molar-refractivity contribution >= 4 is 11.5 Å². The highest BCUT2D eigenvalue weighted by atomic mass is 19.1. The maximum Gasteiger partial charge on any atom is 0.140 e. The minimum absolute atomic E-state index is 0.0411. The number of pyridine rings is 2. The molecule has 2 aliphatic rings. The lowest BCUT2D eigenvalue weighted by Crippen LogP contribution is -2.44. The van der Waals surface area contributed by atoms with Crippen molar-refractivity contribution in [3.05, 3.63) is 42.2 Å². The Morgan fingerprint density at radius 1 is 1.29 bits per heavy atom. The van der Waals surface area contributed by atoms with Crippen LogP contribution >= 0.6 is 0 Å². The van der Waals surface area contributed by atoms with Gasteiger partial charge in [-0.2, -0.15) is 0 Å². The molecule has 0 aromatic carbocycles. The van der Waals surface area contributed by atoms with Crippen LogP contribution in [0.4, 0.5) is 10.2 Å². The minimum Gasteiger partial charge on any atom is -0.496 e. The third kappa shape index (κ3) is 3.30. The summed E-state index contributed by atoms with van der Waals surface area (Å²) in [5.74, 6) is 2.23. The molecule has 146 valence electrons. The van der Waals surface area contributed by atoms with E-state index in [1.54, 1.807) is 7.11 Å². The summed E-state index contributed by atoms with van der Waals surface area (Å²) in [5, 5.41) is 6.47. The highest BCUT2D eigenvalue weighted by Gasteiger charge is 2.28. The molecule has 0 amide bonds. The number of halogens is 1. The maximum atomic E-state index is 13.6. The van der Waals surface area contributed by atoms with Gasteiger partial charge in [-0.3, -0.25) is 4.40 Å². The van der Waals surface area contributed by atoms with Crippen LogP contribution in [0.25, 0.3) is 17.0 Å².